The highest BCUT2D eigenvalue weighted by atomic mass is 32.2. The van der Waals surface area contributed by atoms with Gasteiger partial charge in [0.2, 0.25) is 0 Å². The number of hydrogen-bond donors (Lipinski definition) is 3. The Morgan fingerprint density at radius 1 is 1.19 bits per heavy atom. The summed E-state index contributed by atoms with van der Waals surface area (Å²) in [6.07, 6.45) is 2.00. The maximum atomic E-state index is 13.0. The molecular formula is C19H22FN3O3S. The summed E-state index contributed by atoms with van der Waals surface area (Å²) >= 11 is 0. The van der Waals surface area contributed by atoms with Crippen molar-refractivity contribution in [3.8, 4) is 0 Å². The molecule has 0 spiro atoms. The molecule has 2 aromatic rings. The van der Waals surface area contributed by atoms with Crippen LogP contribution in [0.1, 0.15) is 23.2 Å². The van der Waals surface area contributed by atoms with Crippen LogP contribution >= 0.6 is 0 Å². The Labute approximate surface area is 158 Å². The van der Waals surface area contributed by atoms with Gasteiger partial charge < -0.3 is 10.6 Å². The van der Waals surface area contributed by atoms with Gasteiger partial charge in [0.25, 0.3) is 15.9 Å². The molecular weight excluding hydrogens is 369 g/mol. The lowest BCUT2D eigenvalue weighted by Crippen LogP contribution is -2.26. The van der Waals surface area contributed by atoms with E-state index in [1.165, 1.54) is 42.5 Å². The average Bonchev–Trinajstić information content (AvgIpc) is 3.17. The molecule has 1 saturated heterocycles. The Kier molecular flexibility index (Phi) is 6.08. The molecule has 0 bridgehead atoms. The van der Waals surface area contributed by atoms with Crippen molar-refractivity contribution in [3.05, 3.63) is 59.9 Å². The van der Waals surface area contributed by atoms with E-state index in [0.717, 1.165) is 25.9 Å². The number of amides is 1. The quantitative estimate of drug-likeness (QED) is 0.676. The van der Waals surface area contributed by atoms with Gasteiger partial charge in [-0.05, 0) is 74.3 Å². The molecule has 1 heterocycles. The van der Waals surface area contributed by atoms with Gasteiger partial charge in [-0.15, -0.1) is 0 Å². The molecule has 1 aliphatic rings. The van der Waals surface area contributed by atoms with Crippen molar-refractivity contribution in [3.63, 3.8) is 0 Å². The fraction of sp³-hybridized carbons (Fsp3) is 0.316. The Balaban J connectivity index is 1.64. The first-order chi connectivity index (χ1) is 12.9. The summed E-state index contributed by atoms with van der Waals surface area (Å²) < 4.78 is 40.3. The zero-order valence-electron chi connectivity index (χ0n) is 14.7. The van der Waals surface area contributed by atoms with Crippen LogP contribution in [-0.4, -0.2) is 34.0 Å². The van der Waals surface area contributed by atoms with Gasteiger partial charge in [-0.3, -0.25) is 9.52 Å². The fourth-order valence-electron chi connectivity index (χ4n) is 2.99. The molecule has 3 N–H and O–H groups in total. The van der Waals surface area contributed by atoms with E-state index < -0.39 is 15.8 Å². The molecule has 6 nitrogen and oxygen atoms in total. The van der Waals surface area contributed by atoms with Crippen molar-refractivity contribution in [1.82, 2.24) is 10.6 Å². The van der Waals surface area contributed by atoms with E-state index in [1.54, 1.807) is 6.07 Å². The van der Waals surface area contributed by atoms with Crippen molar-refractivity contribution in [2.75, 3.05) is 24.4 Å². The second kappa shape index (κ2) is 8.49. The Hall–Kier alpha value is -2.45. The van der Waals surface area contributed by atoms with E-state index in [0.29, 0.717) is 12.5 Å². The monoisotopic (exact) mass is 391 g/mol. The number of carbonyl (C=O) groups is 1. The molecule has 0 aromatic heterocycles. The van der Waals surface area contributed by atoms with Crippen molar-refractivity contribution in [2.45, 2.75) is 17.7 Å². The summed E-state index contributed by atoms with van der Waals surface area (Å²) in [7, 11) is -3.88. The number of nitrogens with one attached hydrogen (secondary N) is 3. The largest absolute Gasteiger partial charge is 0.352 e. The van der Waals surface area contributed by atoms with Crippen LogP contribution in [0.2, 0.25) is 0 Å². The van der Waals surface area contributed by atoms with E-state index in [2.05, 4.69) is 15.4 Å². The average molecular weight is 391 g/mol. The number of hydrogen-bond acceptors (Lipinski definition) is 4. The van der Waals surface area contributed by atoms with E-state index in [1.807, 2.05) is 0 Å². The van der Waals surface area contributed by atoms with Gasteiger partial charge in [0.1, 0.15) is 5.82 Å². The van der Waals surface area contributed by atoms with Crippen LogP contribution < -0.4 is 15.4 Å². The second-order valence-electron chi connectivity index (χ2n) is 6.54. The van der Waals surface area contributed by atoms with Gasteiger partial charge in [-0.2, -0.15) is 0 Å². The van der Waals surface area contributed by atoms with Crippen LogP contribution in [0.25, 0.3) is 0 Å². The number of anilines is 1. The SMILES string of the molecule is O=C(NCCC1CCNC1)c1cccc(S(=O)(=O)Nc2ccc(F)cc2)c1. The third-order valence-electron chi connectivity index (χ3n) is 4.50. The number of carbonyl (C=O) groups excluding carboxylic acids is 1. The number of sulfonamides is 1. The zero-order valence-corrected chi connectivity index (χ0v) is 15.6. The smallest absolute Gasteiger partial charge is 0.261 e. The van der Waals surface area contributed by atoms with E-state index in [9.17, 15) is 17.6 Å². The highest BCUT2D eigenvalue weighted by Gasteiger charge is 2.18. The first kappa shape index (κ1) is 19.3. The third-order valence-corrected chi connectivity index (χ3v) is 5.88. The minimum Gasteiger partial charge on any atom is -0.352 e. The van der Waals surface area contributed by atoms with Crippen LogP contribution in [0.4, 0.5) is 10.1 Å². The lowest BCUT2D eigenvalue weighted by Gasteiger charge is -2.11. The van der Waals surface area contributed by atoms with Crippen molar-refractivity contribution >= 4 is 21.6 Å². The Bertz CT molecular complexity index is 895. The van der Waals surface area contributed by atoms with Crippen molar-refractivity contribution in [2.24, 2.45) is 5.92 Å². The summed E-state index contributed by atoms with van der Waals surface area (Å²) in [5, 5.41) is 6.12. The minimum atomic E-state index is -3.88. The molecule has 0 aliphatic carbocycles. The van der Waals surface area contributed by atoms with Gasteiger partial charge in [-0.25, -0.2) is 12.8 Å². The summed E-state index contributed by atoms with van der Waals surface area (Å²) in [6, 6.07) is 10.8. The zero-order chi connectivity index (χ0) is 19.3. The van der Waals surface area contributed by atoms with Gasteiger partial charge in [0.05, 0.1) is 4.90 Å². The summed E-state index contributed by atoms with van der Waals surface area (Å²) in [5.74, 6) is -0.193. The van der Waals surface area contributed by atoms with Crippen LogP contribution in [0.15, 0.2) is 53.4 Å². The van der Waals surface area contributed by atoms with Crippen LogP contribution in [0, 0.1) is 11.7 Å². The summed E-state index contributed by atoms with van der Waals surface area (Å²) in [5.41, 5.74) is 0.526. The van der Waals surface area contributed by atoms with Gasteiger partial charge in [-0.1, -0.05) is 6.07 Å². The summed E-state index contributed by atoms with van der Waals surface area (Å²) in [6.45, 7) is 2.54. The molecule has 8 heteroatoms. The van der Waals surface area contributed by atoms with Crippen LogP contribution in [0.3, 0.4) is 0 Å². The van der Waals surface area contributed by atoms with Crippen molar-refractivity contribution < 1.29 is 17.6 Å². The lowest BCUT2D eigenvalue weighted by molar-refractivity contribution is 0.0951. The maximum absolute atomic E-state index is 13.0. The standard InChI is InChI=1S/C19H22FN3O3S/c20-16-4-6-17(7-5-16)23-27(25,26)18-3-1-2-15(12-18)19(24)22-11-9-14-8-10-21-13-14/h1-7,12,14,21,23H,8-11,13H2,(H,22,24). The highest BCUT2D eigenvalue weighted by Crippen LogP contribution is 2.18. The molecule has 2 aromatic carbocycles. The number of halogens is 1. The highest BCUT2D eigenvalue weighted by molar-refractivity contribution is 7.92. The van der Waals surface area contributed by atoms with E-state index in [4.69, 9.17) is 0 Å². The van der Waals surface area contributed by atoms with Crippen LogP contribution in [-0.2, 0) is 10.0 Å². The molecule has 27 heavy (non-hydrogen) atoms. The molecule has 0 radical (unpaired) electrons. The van der Waals surface area contributed by atoms with E-state index in [-0.39, 0.29) is 22.1 Å². The molecule has 1 amide bonds. The third kappa shape index (κ3) is 5.27. The van der Waals surface area contributed by atoms with Gasteiger partial charge >= 0.3 is 0 Å². The second-order valence-corrected chi connectivity index (χ2v) is 8.23. The maximum Gasteiger partial charge on any atom is 0.261 e. The first-order valence-corrected chi connectivity index (χ1v) is 10.3. The number of rotatable bonds is 7. The predicted octanol–water partition coefficient (Wildman–Crippen LogP) is 2.36. The van der Waals surface area contributed by atoms with Crippen LogP contribution in [0.5, 0.6) is 0 Å². The number of benzene rings is 2. The molecule has 0 saturated carbocycles. The predicted molar refractivity (Wildman–Crippen MR) is 102 cm³/mol. The Morgan fingerprint density at radius 2 is 1.96 bits per heavy atom. The normalized spacial score (nSPS) is 16.9. The fourth-order valence-corrected chi connectivity index (χ4v) is 4.09. The molecule has 1 fully saturated rings. The Morgan fingerprint density at radius 3 is 2.67 bits per heavy atom. The first-order valence-electron chi connectivity index (χ1n) is 8.81. The van der Waals surface area contributed by atoms with Crippen molar-refractivity contribution in [1.29, 1.82) is 0 Å². The molecule has 1 atom stereocenters. The van der Waals surface area contributed by atoms with Gasteiger partial charge in [0.15, 0.2) is 0 Å². The molecule has 144 valence electrons. The topological polar surface area (TPSA) is 87.3 Å². The van der Waals surface area contributed by atoms with E-state index >= 15 is 0 Å². The lowest BCUT2D eigenvalue weighted by atomic mass is 10.1. The minimum absolute atomic E-state index is 0.0283. The molecule has 1 aliphatic heterocycles. The molecule has 3 rings (SSSR count). The molecule has 1 unspecified atom stereocenters. The summed E-state index contributed by atoms with van der Waals surface area (Å²) in [4.78, 5) is 12.3. The van der Waals surface area contributed by atoms with Gasteiger partial charge in [0, 0.05) is 17.8 Å².